The fourth-order valence-corrected chi connectivity index (χ4v) is 1.82. The van der Waals surface area contributed by atoms with Crippen molar-refractivity contribution in [2.45, 2.75) is 31.8 Å². The van der Waals surface area contributed by atoms with Gasteiger partial charge in [-0.1, -0.05) is 0 Å². The minimum atomic E-state index is -0.576. The lowest BCUT2D eigenvalue weighted by atomic mass is 10.3. The third-order valence-corrected chi connectivity index (χ3v) is 3.13. The van der Waals surface area contributed by atoms with Crippen LogP contribution < -0.4 is 10.6 Å². The number of hydrogen-bond donors (Lipinski definition) is 2. The van der Waals surface area contributed by atoms with Crippen molar-refractivity contribution in [3.8, 4) is 0 Å². The quantitative estimate of drug-likeness (QED) is 0.634. The zero-order chi connectivity index (χ0) is 14.0. The number of carbonyl (C=O) groups is 1. The molecule has 1 aliphatic carbocycles. The Morgan fingerprint density at radius 2 is 2.32 bits per heavy atom. The topological polar surface area (TPSA) is 97.2 Å². The molecule has 7 nitrogen and oxygen atoms in total. The molecule has 1 aromatic heterocycles. The Morgan fingerprint density at radius 1 is 1.63 bits per heavy atom. The molecule has 102 valence electrons. The van der Waals surface area contributed by atoms with E-state index in [4.69, 9.17) is 0 Å². The molecule has 1 aromatic rings. The molecule has 2 rings (SSSR count). The number of pyridine rings is 1. The van der Waals surface area contributed by atoms with Crippen molar-refractivity contribution in [1.82, 2.24) is 10.3 Å². The van der Waals surface area contributed by atoms with Gasteiger partial charge in [-0.25, -0.2) is 4.98 Å². The molecular weight excluding hydrogens is 316 g/mol. The van der Waals surface area contributed by atoms with E-state index < -0.39 is 11.0 Å². The Morgan fingerprint density at radius 3 is 2.89 bits per heavy atom. The highest BCUT2D eigenvalue weighted by Gasteiger charge is 2.27. The largest absolute Gasteiger partial charge is 0.353 e. The Labute approximate surface area is 118 Å². The van der Waals surface area contributed by atoms with Crippen LogP contribution >= 0.6 is 15.9 Å². The summed E-state index contributed by atoms with van der Waals surface area (Å²) in [5, 5.41) is 16.5. The first kappa shape index (κ1) is 13.7. The Kier molecular flexibility index (Phi) is 3.98. The van der Waals surface area contributed by atoms with Crippen LogP contribution in [-0.4, -0.2) is 27.9 Å². The number of rotatable bonds is 5. The highest BCUT2D eigenvalue weighted by molar-refractivity contribution is 9.10. The first-order valence-electron chi connectivity index (χ1n) is 5.84. The average molecular weight is 329 g/mol. The second-order valence-electron chi connectivity index (χ2n) is 4.43. The van der Waals surface area contributed by atoms with E-state index in [0.29, 0.717) is 4.47 Å². The number of amides is 1. The minimum Gasteiger partial charge on any atom is -0.353 e. The van der Waals surface area contributed by atoms with Gasteiger partial charge in [0.25, 0.3) is 0 Å². The first-order chi connectivity index (χ1) is 8.97. The summed E-state index contributed by atoms with van der Waals surface area (Å²) in [6.45, 7) is 1.64. The van der Waals surface area contributed by atoms with Crippen molar-refractivity contribution in [3.05, 3.63) is 26.9 Å². The van der Waals surface area contributed by atoms with Crippen LogP contribution in [0.2, 0.25) is 0 Å². The van der Waals surface area contributed by atoms with E-state index in [2.05, 4.69) is 31.5 Å². The molecule has 1 saturated carbocycles. The van der Waals surface area contributed by atoms with Crippen LogP contribution in [0.25, 0.3) is 0 Å². The summed E-state index contributed by atoms with van der Waals surface area (Å²) < 4.78 is 0.514. The normalized spacial score (nSPS) is 15.7. The lowest BCUT2D eigenvalue weighted by molar-refractivity contribution is -0.384. The molecule has 19 heavy (non-hydrogen) atoms. The van der Waals surface area contributed by atoms with Gasteiger partial charge in [-0.15, -0.1) is 0 Å². The summed E-state index contributed by atoms with van der Waals surface area (Å²) in [4.78, 5) is 26.1. The van der Waals surface area contributed by atoms with Gasteiger partial charge in [-0.05, 0) is 35.7 Å². The SMILES string of the molecule is CC(Nc1ncc(Br)cc1[N+](=O)[O-])C(=O)NC1CC1. The summed E-state index contributed by atoms with van der Waals surface area (Å²) >= 11 is 3.13. The summed E-state index contributed by atoms with van der Waals surface area (Å²) in [6.07, 6.45) is 3.44. The molecule has 0 aliphatic heterocycles. The van der Waals surface area contributed by atoms with Crippen molar-refractivity contribution >= 4 is 33.3 Å². The predicted molar refractivity (Wildman–Crippen MR) is 72.8 cm³/mol. The Bertz CT molecular complexity index is 519. The van der Waals surface area contributed by atoms with E-state index >= 15 is 0 Å². The van der Waals surface area contributed by atoms with Gasteiger partial charge in [0.2, 0.25) is 11.7 Å². The van der Waals surface area contributed by atoms with Crippen LogP contribution in [0.15, 0.2) is 16.7 Å². The van der Waals surface area contributed by atoms with Gasteiger partial charge >= 0.3 is 5.69 Å². The summed E-state index contributed by atoms with van der Waals surface area (Å²) in [6, 6.07) is 1.03. The monoisotopic (exact) mass is 328 g/mol. The van der Waals surface area contributed by atoms with E-state index in [1.165, 1.54) is 12.3 Å². The Hall–Kier alpha value is -1.70. The number of aromatic nitrogens is 1. The summed E-state index contributed by atoms with van der Waals surface area (Å²) in [5.41, 5.74) is -0.166. The molecule has 1 unspecified atom stereocenters. The van der Waals surface area contributed by atoms with E-state index in [1.807, 2.05) is 0 Å². The molecule has 1 aliphatic rings. The first-order valence-corrected chi connectivity index (χ1v) is 6.63. The van der Waals surface area contributed by atoms with Gasteiger partial charge in [0.05, 0.1) is 4.92 Å². The van der Waals surface area contributed by atoms with Crippen molar-refractivity contribution in [2.75, 3.05) is 5.32 Å². The highest BCUT2D eigenvalue weighted by Crippen LogP contribution is 2.26. The van der Waals surface area contributed by atoms with Crippen molar-refractivity contribution in [1.29, 1.82) is 0 Å². The standard InChI is InChI=1S/C11H13BrN4O3/c1-6(11(17)15-8-2-3-8)14-10-9(16(18)19)4-7(12)5-13-10/h4-6,8H,2-3H2,1H3,(H,13,14)(H,15,17). The smallest absolute Gasteiger partial charge is 0.312 e. The lowest BCUT2D eigenvalue weighted by Gasteiger charge is -2.14. The highest BCUT2D eigenvalue weighted by atomic mass is 79.9. The predicted octanol–water partition coefficient (Wildman–Crippen LogP) is 1.83. The number of nitro groups is 1. The molecule has 0 spiro atoms. The fourth-order valence-electron chi connectivity index (χ4n) is 1.50. The molecule has 2 N–H and O–H groups in total. The minimum absolute atomic E-state index is 0.0895. The number of nitrogens with one attached hydrogen (secondary N) is 2. The van der Waals surface area contributed by atoms with Crippen LogP contribution in [0.1, 0.15) is 19.8 Å². The third-order valence-electron chi connectivity index (χ3n) is 2.70. The van der Waals surface area contributed by atoms with Crippen molar-refractivity contribution in [3.63, 3.8) is 0 Å². The van der Waals surface area contributed by atoms with E-state index in [1.54, 1.807) is 6.92 Å². The molecule has 0 aromatic carbocycles. The van der Waals surface area contributed by atoms with E-state index in [0.717, 1.165) is 12.8 Å². The molecule has 1 heterocycles. The molecule has 8 heteroatoms. The molecule has 0 radical (unpaired) electrons. The van der Waals surface area contributed by atoms with Crippen molar-refractivity contribution in [2.24, 2.45) is 0 Å². The molecule has 1 fully saturated rings. The second-order valence-corrected chi connectivity index (χ2v) is 5.34. The van der Waals surface area contributed by atoms with Crippen molar-refractivity contribution < 1.29 is 9.72 Å². The second kappa shape index (κ2) is 5.52. The van der Waals surface area contributed by atoms with Crippen LogP contribution in [0.5, 0.6) is 0 Å². The third kappa shape index (κ3) is 3.63. The van der Waals surface area contributed by atoms with Gasteiger partial charge in [-0.3, -0.25) is 14.9 Å². The van der Waals surface area contributed by atoms with Gasteiger partial charge in [0.1, 0.15) is 6.04 Å². The molecular formula is C11H13BrN4O3. The maximum absolute atomic E-state index is 11.8. The van der Waals surface area contributed by atoms with Crippen LogP contribution in [0.3, 0.4) is 0 Å². The van der Waals surface area contributed by atoms with Gasteiger partial charge < -0.3 is 10.6 Å². The maximum Gasteiger partial charge on any atom is 0.312 e. The van der Waals surface area contributed by atoms with Crippen LogP contribution in [-0.2, 0) is 4.79 Å². The van der Waals surface area contributed by atoms with Gasteiger partial charge in [-0.2, -0.15) is 0 Å². The van der Waals surface area contributed by atoms with Crippen LogP contribution in [0, 0.1) is 10.1 Å². The molecule has 1 amide bonds. The number of anilines is 1. The van der Waals surface area contributed by atoms with E-state index in [9.17, 15) is 14.9 Å². The van der Waals surface area contributed by atoms with E-state index in [-0.39, 0.29) is 23.5 Å². The van der Waals surface area contributed by atoms with Gasteiger partial charge in [0, 0.05) is 22.8 Å². The average Bonchev–Trinajstić information content (AvgIpc) is 3.14. The zero-order valence-corrected chi connectivity index (χ0v) is 11.8. The molecule has 1 atom stereocenters. The number of nitrogens with zero attached hydrogens (tertiary/aromatic N) is 2. The maximum atomic E-state index is 11.8. The molecule has 0 saturated heterocycles. The lowest BCUT2D eigenvalue weighted by Crippen LogP contribution is -2.39. The molecule has 0 bridgehead atoms. The number of halogens is 1. The Balaban J connectivity index is 2.08. The zero-order valence-electron chi connectivity index (χ0n) is 10.2. The fraction of sp³-hybridized carbons (Fsp3) is 0.455. The van der Waals surface area contributed by atoms with Gasteiger partial charge in [0.15, 0.2) is 0 Å². The summed E-state index contributed by atoms with van der Waals surface area (Å²) in [7, 11) is 0. The van der Waals surface area contributed by atoms with Crippen LogP contribution in [0.4, 0.5) is 11.5 Å². The summed E-state index contributed by atoms with van der Waals surface area (Å²) in [5.74, 6) is -0.0897. The number of carbonyl (C=O) groups excluding carboxylic acids is 1. The number of hydrogen-bond acceptors (Lipinski definition) is 5.